The van der Waals surface area contributed by atoms with Gasteiger partial charge in [-0.05, 0) is 19.9 Å². The number of carboxylic acids is 1. The van der Waals surface area contributed by atoms with E-state index in [9.17, 15) is 4.79 Å². The first-order chi connectivity index (χ1) is 10.1. The lowest BCUT2D eigenvalue weighted by atomic mass is 10.2. The fourth-order valence-electron chi connectivity index (χ4n) is 2.38. The number of pyridine rings is 1. The van der Waals surface area contributed by atoms with Crippen molar-refractivity contribution in [1.29, 1.82) is 0 Å². The van der Waals surface area contributed by atoms with Gasteiger partial charge in [0, 0.05) is 17.8 Å². The van der Waals surface area contributed by atoms with Gasteiger partial charge in [-0.15, -0.1) is 0 Å². The van der Waals surface area contributed by atoms with E-state index >= 15 is 0 Å². The van der Waals surface area contributed by atoms with Crippen molar-refractivity contribution in [3.63, 3.8) is 0 Å². The van der Waals surface area contributed by atoms with E-state index < -0.39 is 5.97 Å². The number of carbonyl (C=O) groups is 1. The Hall–Kier alpha value is -2.69. The zero-order chi connectivity index (χ0) is 15.0. The summed E-state index contributed by atoms with van der Waals surface area (Å²) in [7, 11) is 0. The van der Waals surface area contributed by atoms with E-state index in [1.165, 1.54) is 6.20 Å². The Morgan fingerprint density at radius 2 is 1.95 bits per heavy atom. The number of aromatic carboxylic acids is 1. The zero-order valence-corrected chi connectivity index (χ0v) is 11.8. The van der Waals surface area contributed by atoms with Crippen LogP contribution in [0.3, 0.4) is 0 Å². The fraction of sp³-hybridized carbons (Fsp3) is 0.188. The van der Waals surface area contributed by atoms with E-state index in [0.717, 1.165) is 11.4 Å². The van der Waals surface area contributed by atoms with Crippen molar-refractivity contribution < 1.29 is 9.90 Å². The number of rotatable bonds is 3. The molecule has 0 atom stereocenters. The van der Waals surface area contributed by atoms with Crippen molar-refractivity contribution in [2.75, 3.05) is 0 Å². The molecule has 0 aliphatic rings. The van der Waals surface area contributed by atoms with E-state index in [1.807, 2.05) is 34.9 Å². The van der Waals surface area contributed by atoms with Gasteiger partial charge >= 0.3 is 5.97 Å². The lowest BCUT2D eigenvalue weighted by Gasteiger charge is -2.12. The molecule has 0 fully saturated rings. The standard InChI is InChI=1S/C16H15N3O2/c1-10(2)19-14(11-6-4-3-5-7-11)18-13-8-12(16(20)21)9-17-15(13)19/h3-10H,1-2H3,(H,20,21). The molecule has 1 aromatic carbocycles. The van der Waals surface area contributed by atoms with Crippen LogP contribution in [0.4, 0.5) is 0 Å². The van der Waals surface area contributed by atoms with Crippen LogP contribution in [0, 0.1) is 0 Å². The molecule has 0 amide bonds. The van der Waals surface area contributed by atoms with Crippen LogP contribution in [0.5, 0.6) is 0 Å². The van der Waals surface area contributed by atoms with Crippen LogP contribution in [-0.2, 0) is 0 Å². The SMILES string of the molecule is CC(C)n1c(-c2ccccc2)nc2cc(C(=O)O)cnc21. The minimum Gasteiger partial charge on any atom is -0.478 e. The van der Waals surface area contributed by atoms with E-state index in [0.29, 0.717) is 11.2 Å². The zero-order valence-electron chi connectivity index (χ0n) is 11.8. The number of aromatic nitrogens is 3. The van der Waals surface area contributed by atoms with E-state index in [2.05, 4.69) is 23.8 Å². The molecular weight excluding hydrogens is 266 g/mol. The maximum absolute atomic E-state index is 11.1. The lowest BCUT2D eigenvalue weighted by Crippen LogP contribution is -2.04. The minimum absolute atomic E-state index is 0.149. The van der Waals surface area contributed by atoms with Crippen LogP contribution in [0.1, 0.15) is 30.2 Å². The molecule has 0 aliphatic heterocycles. The van der Waals surface area contributed by atoms with Gasteiger partial charge < -0.3 is 9.67 Å². The molecule has 0 spiro atoms. The summed E-state index contributed by atoms with van der Waals surface area (Å²) in [5.74, 6) is -0.194. The second-order valence-corrected chi connectivity index (χ2v) is 5.14. The predicted molar refractivity (Wildman–Crippen MR) is 80.3 cm³/mol. The third-order valence-corrected chi connectivity index (χ3v) is 3.33. The Bertz CT molecular complexity index is 807. The summed E-state index contributed by atoms with van der Waals surface area (Å²) in [6.07, 6.45) is 1.38. The smallest absolute Gasteiger partial charge is 0.337 e. The van der Waals surface area contributed by atoms with Gasteiger partial charge in [0.1, 0.15) is 11.3 Å². The second-order valence-electron chi connectivity index (χ2n) is 5.14. The molecule has 0 radical (unpaired) electrons. The maximum Gasteiger partial charge on any atom is 0.337 e. The normalized spacial score (nSPS) is 11.2. The number of nitrogens with zero attached hydrogens (tertiary/aromatic N) is 3. The minimum atomic E-state index is -0.996. The summed E-state index contributed by atoms with van der Waals surface area (Å²) in [6.45, 7) is 4.11. The molecule has 5 nitrogen and oxygen atoms in total. The first-order valence-corrected chi connectivity index (χ1v) is 6.74. The first kappa shape index (κ1) is 13.3. The van der Waals surface area contributed by atoms with Crippen molar-refractivity contribution in [3.05, 3.63) is 48.2 Å². The van der Waals surface area contributed by atoms with Gasteiger partial charge in [-0.25, -0.2) is 14.8 Å². The van der Waals surface area contributed by atoms with Crippen molar-refractivity contribution in [1.82, 2.24) is 14.5 Å². The van der Waals surface area contributed by atoms with Crippen molar-refractivity contribution >= 4 is 17.1 Å². The van der Waals surface area contributed by atoms with Gasteiger partial charge in [-0.3, -0.25) is 0 Å². The van der Waals surface area contributed by atoms with Gasteiger partial charge in [0.25, 0.3) is 0 Å². The van der Waals surface area contributed by atoms with Crippen LogP contribution in [0.2, 0.25) is 0 Å². The molecule has 5 heteroatoms. The second kappa shape index (κ2) is 5.01. The number of carboxylic acid groups (broad SMARTS) is 1. The van der Waals surface area contributed by atoms with Gasteiger partial charge in [0.15, 0.2) is 5.65 Å². The number of fused-ring (bicyclic) bond motifs is 1. The molecule has 1 N–H and O–H groups in total. The molecule has 0 aliphatic carbocycles. The van der Waals surface area contributed by atoms with E-state index in [1.54, 1.807) is 6.07 Å². The molecular formula is C16H15N3O2. The average Bonchev–Trinajstić information content (AvgIpc) is 2.86. The monoisotopic (exact) mass is 281 g/mol. The summed E-state index contributed by atoms with van der Waals surface area (Å²) < 4.78 is 2.02. The Morgan fingerprint density at radius 3 is 2.57 bits per heavy atom. The van der Waals surface area contributed by atoms with Crippen LogP contribution in [-0.4, -0.2) is 25.6 Å². The quantitative estimate of drug-likeness (QED) is 0.799. The molecule has 2 heterocycles. The summed E-state index contributed by atoms with van der Waals surface area (Å²) >= 11 is 0. The van der Waals surface area contributed by atoms with Crippen molar-refractivity contribution in [2.45, 2.75) is 19.9 Å². The summed E-state index contributed by atoms with van der Waals surface area (Å²) in [4.78, 5) is 19.9. The van der Waals surface area contributed by atoms with Crippen LogP contribution >= 0.6 is 0 Å². The van der Waals surface area contributed by atoms with Crippen LogP contribution < -0.4 is 0 Å². The summed E-state index contributed by atoms with van der Waals surface area (Å²) in [5, 5.41) is 9.07. The highest BCUT2D eigenvalue weighted by Gasteiger charge is 2.17. The third-order valence-electron chi connectivity index (χ3n) is 3.33. The Balaban J connectivity index is 2.29. The Morgan fingerprint density at radius 1 is 1.24 bits per heavy atom. The molecule has 3 aromatic rings. The molecule has 3 rings (SSSR count). The Labute approximate surface area is 121 Å². The average molecular weight is 281 g/mol. The highest BCUT2D eigenvalue weighted by molar-refractivity contribution is 5.91. The van der Waals surface area contributed by atoms with Crippen molar-refractivity contribution in [3.8, 4) is 11.4 Å². The highest BCUT2D eigenvalue weighted by atomic mass is 16.4. The molecule has 21 heavy (non-hydrogen) atoms. The maximum atomic E-state index is 11.1. The number of hydrogen-bond donors (Lipinski definition) is 1. The van der Waals surface area contributed by atoms with E-state index in [-0.39, 0.29) is 11.6 Å². The fourth-order valence-corrected chi connectivity index (χ4v) is 2.38. The molecule has 0 saturated carbocycles. The molecule has 0 unspecified atom stereocenters. The molecule has 2 aromatic heterocycles. The summed E-state index contributed by atoms with van der Waals surface area (Å²) in [5.41, 5.74) is 2.44. The van der Waals surface area contributed by atoms with Gasteiger partial charge in [-0.2, -0.15) is 0 Å². The Kier molecular flexibility index (Phi) is 3.17. The van der Waals surface area contributed by atoms with Gasteiger partial charge in [0.2, 0.25) is 0 Å². The van der Waals surface area contributed by atoms with Gasteiger partial charge in [0.05, 0.1) is 5.56 Å². The highest BCUT2D eigenvalue weighted by Crippen LogP contribution is 2.27. The number of benzene rings is 1. The van der Waals surface area contributed by atoms with E-state index in [4.69, 9.17) is 5.11 Å². The lowest BCUT2D eigenvalue weighted by molar-refractivity contribution is 0.0696. The van der Waals surface area contributed by atoms with Gasteiger partial charge in [-0.1, -0.05) is 30.3 Å². The largest absolute Gasteiger partial charge is 0.478 e. The van der Waals surface area contributed by atoms with Crippen LogP contribution in [0.25, 0.3) is 22.6 Å². The number of imidazole rings is 1. The third kappa shape index (κ3) is 2.27. The topological polar surface area (TPSA) is 68.0 Å². The molecule has 106 valence electrons. The molecule has 0 bridgehead atoms. The molecule has 0 saturated heterocycles. The van der Waals surface area contributed by atoms with Crippen molar-refractivity contribution in [2.24, 2.45) is 0 Å². The van der Waals surface area contributed by atoms with Crippen LogP contribution in [0.15, 0.2) is 42.6 Å². The predicted octanol–water partition coefficient (Wildman–Crippen LogP) is 3.38. The summed E-state index contributed by atoms with van der Waals surface area (Å²) in [6, 6.07) is 11.6. The first-order valence-electron chi connectivity index (χ1n) is 6.74. The number of hydrogen-bond acceptors (Lipinski definition) is 3.